The van der Waals surface area contributed by atoms with Crippen molar-refractivity contribution in [2.24, 2.45) is 0 Å². The van der Waals surface area contributed by atoms with Gasteiger partial charge in [-0.25, -0.2) is 9.59 Å². The third-order valence-corrected chi connectivity index (χ3v) is 3.22. The molecule has 1 fully saturated rings. The van der Waals surface area contributed by atoms with Crippen molar-refractivity contribution in [2.75, 3.05) is 18.4 Å². The van der Waals surface area contributed by atoms with Gasteiger partial charge in [-0.1, -0.05) is 0 Å². The monoisotopic (exact) mass is 280 g/mol. The van der Waals surface area contributed by atoms with E-state index in [1.54, 1.807) is 6.92 Å². The highest BCUT2D eigenvalue weighted by molar-refractivity contribution is 5.95. The summed E-state index contributed by atoms with van der Waals surface area (Å²) in [7, 11) is 0. The lowest BCUT2D eigenvalue weighted by atomic mass is 10.1. The zero-order chi connectivity index (χ0) is 14.9. The van der Waals surface area contributed by atoms with Crippen LogP contribution in [0.2, 0.25) is 0 Å². The Hall–Kier alpha value is -2.28. The number of carbonyl (C=O) groups is 2. The average molecular weight is 280 g/mol. The molecule has 1 aliphatic heterocycles. The number of aromatic hydroxyl groups is 1. The number of carbonyl (C=O) groups excluding carboxylic acids is 1. The molecule has 20 heavy (non-hydrogen) atoms. The van der Waals surface area contributed by atoms with Gasteiger partial charge in [-0.2, -0.15) is 0 Å². The number of hydrogen-bond donors (Lipinski definition) is 4. The van der Waals surface area contributed by atoms with Crippen LogP contribution in [0.15, 0.2) is 18.2 Å². The quantitative estimate of drug-likeness (QED) is 0.606. The average Bonchev–Trinajstić information content (AvgIpc) is 2.72. The number of likely N-dealkylation sites (tertiary alicyclic amines) is 1. The van der Waals surface area contributed by atoms with Gasteiger partial charge in [0.15, 0.2) is 0 Å². The van der Waals surface area contributed by atoms with Crippen LogP contribution in [0.25, 0.3) is 0 Å². The summed E-state index contributed by atoms with van der Waals surface area (Å²) < 4.78 is 0. The molecule has 4 N–H and O–H groups in total. The van der Waals surface area contributed by atoms with Crippen molar-refractivity contribution >= 4 is 17.7 Å². The second-order valence-corrected chi connectivity index (χ2v) is 5.14. The Bertz CT molecular complexity index is 556. The number of urea groups is 1. The van der Waals surface area contributed by atoms with Crippen LogP contribution in [-0.2, 0) is 0 Å². The third-order valence-electron chi connectivity index (χ3n) is 3.22. The number of nitrogens with zero attached hydrogens (tertiary/aromatic N) is 1. The number of carboxylic acid groups (broad SMARTS) is 1. The molecule has 0 aromatic heterocycles. The fourth-order valence-electron chi connectivity index (χ4n) is 2.11. The standard InChI is InChI=1S/C13H16N2O5/c1-13(20)4-5-15(7-13)12(19)14-8-2-3-10(16)9(6-8)11(17)18/h2-3,6,16,20H,4-5,7H2,1H3,(H,14,19)(H,17,18). The minimum Gasteiger partial charge on any atom is -0.507 e. The maximum atomic E-state index is 12.0. The van der Waals surface area contributed by atoms with Gasteiger partial charge in [0.1, 0.15) is 11.3 Å². The van der Waals surface area contributed by atoms with E-state index in [0.717, 1.165) is 0 Å². The predicted molar refractivity (Wildman–Crippen MR) is 70.9 cm³/mol. The molecule has 1 unspecified atom stereocenters. The Labute approximate surface area is 115 Å². The minimum absolute atomic E-state index is 0.225. The SMILES string of the molecule is CC1(O)CCN(C(=O)Nc2ccc(O)c(C(=O)O)c2)C1. The molecule has 7 nitrogen and oxygen atoms in total. The molecule has 0 bridgehead atoms. The van der Waals surface area contributed by atoms with Gasteiger partial charge < -0.3 is 25.5 Å². The van der Waals surface area contributed by atoms with Gasteiger partial charge in [-0.05, 0) is 31.5 Å². The molecule has 1 aromatic carbocycles. The van der Waals surface area contributed by atoms with Crippen molar-refractivity contribution in [1.29, 1.82) is 0 Å². The van der Waals surface area contributed by atoms with Gasteiger partial charge in [0, 0.05) is 12.2 Å². The number of phenols is 1. The normalized spacial score (nSPS) is 21.8. The molecule has 7 heteroatoms. The fourth-order valence-corrected chi connectivity index (χ4v) is 2.11. The van der Waals surface area contributed by atoms with E-state index in [9.17, 15) is 19.8 Å². The number of rotatable bonds is 2. The molecular formula is C13H16N2O5. The van der Waals surface area contributed by atoms with Gasteiger partial charge in [-0.3, -0.25) is 0 Å². The van der Waals surface area contributed by atoms with Crippen molar-refractivity contribution in [3.05, 3.63) is 23.8 Å². The molecule has 0 radical (unpaired) electrons. The molecule has 0 spiro atoms. The number of amides is 2. The van der Waals surface area contributed by atoms with Crippen LogP contribution in [-0.4, -0.2) is 50.9 Å². The maximum Gasteiger partial charge on any atom is 0.339 e. The topological polar surface area (TPSA) is 110 Å². The number of anilines is 1. The Morgan fingerprint density at radius 1 is 1.40 bits per heavy atom. The Kier molecular flexibility index (Phi) is 3.54. The first-order chi connectivity index (χ1) is 9.28. The van der Waals surface area contributed by atoms with Crippen molar-refractivity contribution in [3.63, 3.8) is 0 Å². The second-order valence-electron chi connectivity index (χ2n) is 5.14. The fraction of sp³-hybridized carbons (Fsp3) is 0.385. The van der Waals surface area contributed by atoms with E-state index in [1.807, 2.05) is 0 Å². The first-order valence-corrected chi connectivity index (χ1v) is 6.13. The van der Waals surface area contributed by atoms with E-state index in [1.165, 1.54) is 23.1 Å². The molecule has 2 amide bonds. The highest BCUT2D eigenvalue weighted by Crippen LogP contribution is 2.24. The Morgan fingerprint density at radius 2 is 2.10 bits per heavy atom. The predicted octanol–water partition coefficient (Wildman–Crippen LogP) is 1.08. The maximum absolute atomic E-state index is 12.0. The Morgan fingerprint density at radius 3 is 2.65 bits per heavy atom. The molecule has 1 heterocycles. The van der Waals surface area contributed by atoms with Crippen LogP contribution < -0.4 is 5.32 Å². The summed E-state index contributed by atoms with van der Waals surface area (Å²) in [4.78, 5) is 24.3. The lowest BCUT2D eigenvalue weighted by Crippen LogP contribution is -2.36. The first kappa shape index (κ1) is 14.1. The van der Waals surface area contributed by atoms with E-state index < -0.39 is 17.6 Å². The molecule has 1 atom stereocenters. The van der Waals surface area contributed by atoms with Crippen LogP contribution in [0.4, 0.5) is 10.5 Å². The zero-order valence-electron chi connectivity index (χ0n) is 11.0. The van der Waals surface area contributed by atoms with E-state index in [2.05, 4.69) is 5.32 Å². The number of hydrogen-bond acceptors (Lipinski definition) is 4. The summed E-state index contributed by atoms with van der Waals surface area (Å²) in [5.41, 5.74) is -0.897. The Balaban J connectivity index is 2.09. The van der Waals surface area contributed by atoms with Gasteiger partial charge in [-0.15, -0.1) is 0 Å². The summed E-state index contributed by atoms with van der Waals surface area (Å²) in [6, 6.07) is 3.39. The van der Waals surface area contributed by atoms with Gasteiger partial charge in [0.2, 0.25) is 0 Å². The van der Waals surface area contributed by atoms with Gasteiger partial charge in [0.25, 0.3) is 0 Å². The number of aliphatic hydroxyl groups is 1. The molecule has 108 valence electrons. The van der Waals surface area contributed by atoms with E-state index >= 15 is 0 Å². The molecule has 0 aliphatic carbocycles. The highest BCUT2D eigenvalue weighted by atomic mass is 16.4. The summed E-state index contributed by atoms with van der Waals surface area (Å²) in [6.07, 6.45) is 0.496. The van der Waals surface area contributed by atoms with Crippen LogP contribution in [0.1, 0.15) is 23.7 Å². The van der Waals surface area contributed by atoms with E-state index in [0.29, 0.717) is 13.0 Å². The van der Waals surface area contributed by atoms with E-state index in [4.69, 9.17) is 5.11 Å². The van der Waals surface area contributed by atoms with Crippen molar-refractivity contribution in [2.45, 2.75) is 18.9 Å². The lowest BCUT2D eigenvalue weighted by Gasteiger charge is -2.19. The largest absolute Gasteiger partial charge is 0.507 e. The lowest BCUT2D eigenvalue weighted by molar-refractivity contribution is 0.0693. The summed E-state index contributed by atoms with van der Waals surface area (Å²) >= 11 is 0. The number of aromatic carboxylic acids is 1. The van der Waals surface area contributed by atoms with Crippen LogP contribution in [0, 0.1) is 0 Å². The summed E-state index contributed by atoms with van der Waals surface area (Å²) in [6.45, 7) is 2.31. The zero-order valence-corrected chi connectivity index (χ0v) is 11.0. The molecule has 1 aliphatic rings. The number of β-amino-alcohol motifs (C(OH)–C–C–N with tert-alkyl or cyclic N) is 1. The minimum atomic E-state index is -1.28. The van der Waals surface area contributed by atoms with Gasteiger partial charge in [0.05, 0.1) is 12.1 Å². The van der Waals surface area contributed by atoms with Crippen molar-refractivity contribution in [3.8, 4) is 5.75 Å². The molecule has 1 saturated heterocycles. The first-order valence-electron chi connectivity index (χ1n) is 6.13. The van der Waals surface area contributed by atoms with Gasteiger partial charge >= 0.3 is 12.0 Å². The van der Waals surface area contributed by atoms with Crippen LogP contribution in [0.3, 0.4) is 0 Å². The highest BCUT2D eigenvalue weighted by Gasteiger charge is 2.34. The molecule has 0 saturated carbocycles. The summed E-state index contributed by atoms with van der Waals surface area (Å²) in [5.74, 6) is -1.64. The van der Waals surface area contributed by atoms with Crippen molar-refractivity contribution in [1.82, 2.24) is 4.90 Å². The van der Waals surface area contributed by atoms with Crippen LogP contribution in [0.5, 0.6) is 5.75 Å². The number of carboxylic acids is 1. The number of benzene rings is 1. The van der Waals surface area contributed by atoms with Crippen LogP contribution >= 0.6 is 0 Å². The third kappa shape index (κ3) is 3.00. The molecule has 2 rings (SSSR count). The second kappa shape index (κ2) is 5.01. The smallest absolute Gasteiger partial charge is 0.339 e. The summed E-state index contributed by atoms with van der Waals surface area (Å²) in [5, 5.41) is 30.6. The molecule has 1 aromatic rings. The van der Waals surface area contributed by atoms with E-state index in [-0.39, 0.29) is 23.5 Å². The van der Waals surface area contributed by atoms with Crippen molar-refractivity contribution < 1.29 is 24.9 Å². The number of nitrogens with one attached hydrogen (secondary N) is 1. The molecular weight excluding hydrogens is 264 g/mol.